The molecular formula is C13H20IN3O. The van der Waals surface area contributed by atoms with E-state index >= 15 is 0 Å². The standard InChI is InChI=1S/C13H20IN3O/c1-11-9-16(6-7-18)4-5-17(11)10-12-2-3-13(14)15-8-12/h2-3,8,11,18H,4-7,9-10H2,1H3/t11-/m0/s1. The molecule has 1 aliphatic heterocycles. The first-order valence-electron chi connectivity index (χ1n) is 6.36. The molecule has 5 heteroatoms. The summed E-state index contributed by atoms with van der Waals surface area (Å²) in [7, 11) is 0. The maximum Gasteiger partial charge on any atom is 0.101 e. The third kappa shape index (κ3) is 3.88. The zero-order chi connectivity index (χ0) is 13.0. The number of nitrogens with zero attached hydrogens (tertiary/aromatic N) is 3. The Morgan fingerprint density at radius 3 is 2.89 bits per heavy atom. The number of aromatic nitrogens is 1. The lowest BCUT2D eigenvalue weighted by Gasteiger charge is -2.39. The fourth-order valence-electron chi connectivity index (χ4n) is 2.38. The number of aliphatic hydroxyl groups is 1. The largest absolute Gasteiger partial charge is 0.395 e. The minimum Gasteiger partial charge on any atom is -0.395 e. The van der Waals surface area contributed by atoms with Crippen LogP contribution in [0.3, 0.4) is 0 Å². The average molecular weight is 361 g/mol. The van der Waals surface area contributed by atoms with Gasteiger partial charge in [0.1, 0.15) is 3.70 Å². The van der Waals surface area contributed by atoms with E-state index in [-0.39, 0.29) is 6.61 Å². The molecule has 0 aliphatic carbocycles. The number of pyridine rings is 1. The van der Waals surface area contributed by atoms with Gasteiger partial charge in [-0.2, -0.15) is 0 Å². The first kappa shape index (κ1) is 14.2. The molecular weight excluding hydrogens is 341 g/mol. The summed E-state index contributed by atoms with van der Waals surface area (Å²) < 4.78 is 1.04. The predicted octanol–water partition coefficient (Wildman–Crippen LogP) is 1.18. The fourth-order valence-corrected chi connectivity index (χ4v) is 2.70. The molecule has 2 heterocycles. The smallest absolute Gasteiger partial charge is 0.101 e. The van der Waals surface area contributed by atoms with Crippen molar-refractivity contribution in [2.24, 2.45) is 0 Å². The summed E-state index contributed by atoms with van der Waals surface area (Å²) in [5.74, 6) is 0. The van der Waals surface area contributed by atoms with Gasteiger partial charge in [0.25, 0.3) is 0 Å². The van der Waals surface area contributed by atoms with E-state index in [0.717, 1.165) is 36.4 Å². The van der Waals surface area contributed by atoms with E-state index in [2.05, 4.69) is 56.4 Å². The van der Waals surface area contributed by atoms with Gasteiger partial charge < -0.3 is 5.11 Å². The molecule has 0 saturated carbocycles. The van der Waals surface area contributed by atoms with Crippen molar-refractivity contribution in [3.63, 3.8) is 0 Å². The topological polar surface area (TPSA) is 39.6 Å². The van der Waals surface area contributed by atoms with Crippen molar-refractivity contribution in [1.29, 1.82) is 0 Å². The van der Waals surface area contributed by atoms with Crippen LogP contribution in [0.1, 0.15) is 12.5 Å². The molecule has 1 N–H and O–H groups in total. The van der Waals surface area contributed by atoms with Crippen LogP contribution in [-0.4, -0.2) is 58.7 Å². The summed E-state index contributed by atoms with van der Waals surface area (Å²) in [4.78, 5) is 9.14. The number of hydrogen-bond acceptors (Lipinski definition) is 4. The van der Waals surface area contributed by atoms with Crippen LogP contribution in [-0.2, 0) is 6.54 Å². The van der Waals surface area contributed by atoms with E-state index in [1.165, 1.54) is 5.56 Å². The van der Waals surface area contributed by atoms with Gasteiger partial charge in [0.2, 0.25) is 0 Å². The van der Waals surface area contributed by atoms with Crippen LogP contribution in [0.25, 0.3) is 0 Å². The zero-order valence-electron chi connectivity index (χ0n) is 10.7. The third-order valence-corrected chi connectivity index (χ3v) is 4.08. The molecule has 4 nitrogen and oxygen atoms in total. The fraction of sp³-hybridized carbons (Fsp3) is 0.615. The second kappa shape index (κ2) is 6.79. The minimum absolute atomic E-state index is 0.258. The molecule has 1 fully saturated rings. The third-order valence-electron chi connectivity index (χ3n) is 3.44. The second-order valence-electron chi connectivity index (χ2n) is 4.83. The van der Waals surface area contributed by atoms with Gasteiger partial charge in [-0.25, -0.2) is 0 Å². The highest BCUT2D eigenvalue weighted by Gasteiger charge is 2.23. The Hall–Kier alpha value is -0.240. The molecule has 0 spiro atoms. The Kier molecular flexibility index (Phi) is 5.35. The normalized spacial score (nSPS) is 22.3. The molecule has 1 aromatic rings. The molecule has 0 radical (unpaired) electrons. The lowest BCUT2D eigenvalue weighted by Crippen LogP contribution is -2.51. The SMILES string of the molecule is C[C@H]1CN(CCO)CCN1Cc1ccc(I)nc1. The van der Waals surface area contributed by atoms with Gasteiger partial charge in [-0.05, 0) is 41.1 Å². The lowest BCUT2D eigenvalue weighted by molar-refractivity contribution is 0.0663. The van der Waals surface area contributed by atoms with E-state index in [0.29, 0.717) is 6.04 Å². The van der Waals surface area contributed by atoms with Crippen molar-refractivity contribution in [2.45, 2.75) is 19.5 Å². The van der Waals surface area contributed by atoms with Crippen LogP contribution in [0.4, 0.5) is 0 Å². The summed E-state index contributed by atoms with van der Waals surface area (Å²) >= 11 is 2.23. The molecule has 0 bridgehead atoms. The van der Waals surface area contributed by atoms with Crippen molar-refractivity contribution in [3.05, 3.63) is 27.6 Å². The second-order valence-corrected chi connectivity index (χ2v) is 5.94. The van der Waals surface area contributed by atoms with Crippen molar-refractivity contribution in [2.75, 3.05) is 32.8 Å². The highest BCUT2D eigenvalue weighted by atomic mass is 127. The van der Waals surface area contributed by atoms with Gasteiger partial charge in [0, 0.05) is 45.0 Å². The number of β-amino-alcohol motifs (C(OH)–C–C–N with tert-alkyl or cyclic N) is 1. The van der Waals surface area contributed by atoms with E-state index in [1.54, 1.807) is 0 Å². The van der Waals surface area contributed by atoms with Crippen molar-refractivity contribution < 1.29 is 5.11 Å². The maximum atomic E-state index is 8.97. The molecule has 0 aromatic carbocycles. The molecule has 18 heavy (non-hydrogen) atoms. The summed E-state index contributed by atoms with van der Waals surface area (Å²) in [6.07, 6.45) is 1.97. The van der Waals surface area contributed by atoms with Crippen molar-refractivity contribution >= 4 is 22.6 Å². The van der Waals surface area contributed by atoms with Crippen LogP contribution in [0, 0.1) is 3.70 Å². The van der Waals surface area contributed by atoms with Gasteiger partial charge in [-0.3, -0.25) is 14.8 Å². The number of hydrogen-bond donors (Lipinski definition) is 1. The van der Waals surface area contributed by atoms with Crippen LogP contribution in [0.2, 0.25) is 0 Å². The van der Waals surface area contributed by atoms with Crippen molar-refractivity contribution in [3.8, 4) is 0 Å². The van der Waals surface area contributed by atoms with Gasteiger partial charge in [0.15, 0.2) is 0 Å². The van der Waals surface area contributed by atoms with Crippen LogP contribution in [0.5, 0.6) is 0 Å². The molecule has 0 amide bonds. The average Bonchev–Trinajstić information content (AvgIpc) is 2.36. The predicted molar refractivity (Wildman–Crippen MR) is 80.4 cm³/mol. The van der Waals surface area contributed by atoms with Gasteiger partial charge in [0.05, 0.1) is 6.61 Å². The summed E-state index contributed by atoms with van der Waals surface area (Å²) in [5.41, 5.74) is 1.28. The van der Waals surface area contributed by atoms with Gasteiger partial charge in [-0.1, -0.05) is 6.07 Å². The maximum absolute atomic E-state index is 8.97. The number of halogens is 1. The van der Waals surface area contributed by atoms with Crippen molar-refractivity contribution in [1.82, 2.24) is 14.8 Å². The lowest BCUT2D eigenvalue weighted by atomic mass is 10.1. The Balaban J connectivity index is 1.89. The van der Waals surface area contributed by atoms with Gasteiger partial charge in [-0.15, -0.1) is 0 Å². The zero-order valence-corrected chi connectivity index (χ0v) is 12.9. The number of rotatable bonds is 4. The van der Waals surface area contributed by atoms with E-state index in [1.807, 2.05) is 6.20 Å². The first-order chi connectivity index (χ1) is 8.69. The Bertz CT molecular complexity index is 371. The highest BCUT2D eigenvalue weighted by Crippen LogP contribution is 2.13. The van der Waals surface area contributed by atoms with Gasteiger partial charge >= 0.3 is 0 Å². The Labute approximate surface area is 122 Å². The molecule has 1 saturated heterocycles. The molecule has 1 aliphatic rings. The molecule has 2 rings (SSSR count). The molecule has 0 unspecified atom stereocenters. The molecule has 100 valence electrons. The Morgan fingerprint density at radius 2 is 2.28 bits per heavy atom. The summed E-state index contributed by atoms with van der Waals surface area (Å²) in [6, 6.07) is 4.74. The van der Waals surface area contributed by atoms with Crippen LogP contribution >= 0.6 is 22.6 Å². The van der Waals surface area contributed by atoms with E-state index in [9.17, 15) is 0 Å². The monoisotopic (exact) mass is 361 g/mol. The van der Waals surface area contributed by atoms with E-state index in [4.69, 9.17) is 5.11 Å². The number of aliphatic hydroxyl groups excluding tert-OH is 1. The highest BCUT2D eigenvalue weighted by molar-refractivity contribution is 14.1. The summed E-state index contributed by atoms with van der Waals surface area (Å²) in [6.45, 7) is 7.42. The van der Waals surface area contributed by atoms with E-state index < -0.39 is 0 Å². The van der Waals surface area contributed by atoms with Crippen LogP contribution in [0.15, 0.2) is 18.3 Å². The quantitative estimate of drug-likeness (QED) is 0.646. The first-order valence-corrected chi connectivity index (χ1v) is 7.44. The minimum atomic E-state index is 0.258. The number of piperazine rings is 1. The molecule has 1 aromatic heterocycles. The van der Waals surface area contributed by atoms with Crippen LogP contribution < -0.4 is 0 Å². The summed E-state index contributed by atoms with van der Waals surface area (Å²) in [5, 5.41) is 8.97. The molecule has 1 atom stereocenters. The Morgan fingerprint density at radius 1 is 1.44 bits per heavy atom.